The first-order valence-electron chi connectivity index (χ1n) is 6.98. The van der Waals surface area contributed by atoms with Crippen LogP contribution in [-0.4, -0.2) is 52.6 Å². The lowest BCUT2D eigenvalue weighted by Gasteiger charge is -2.35. The molecule has 0 bridgehead atoms. The zero-order valence-corrected chi connectivity index (χ0v) is 12.8. The quantitative estimate of drug-likeness (QED) is 0.907. The second-order valence-electron chi connectivity index (χ2n) is 5.54. The average Bonchev–Trinajstić information content (AvgIpc) is 3.08. The summed E-state index contributed by atoms with van der Waals surface area (Å²) in [6, 6.07) is 1.95. The van der Waals surface area contributed by atoms with E-state index in [9.17, 15) is 5.11 Å². The number of likely N-dealkylation sites (N-methyl/N-ethyl adjacent to an activating group) is 1. The lowest BCUT2D eigenvalue weighted by atomic mass is 9.94. The van der Waals surface area contributed by atoms with Crippen LogP contribution in [-0.2, 0) is 11.3 Å². The lowest BCUT2D eigenvalue weighted by molar-refractivity contribution is -0.0779. The molecule has 0 aromatic carbocycles. The summed E-state index contributed by atoms with van der Waals surface area (Å²) >= 11 is 1.60. The molecule has 0 atom stereocenters. The Hall–Kier alpha value is -1.28. The van der Waals surface area contributed by atoms with E-state index in [1.807, 2.05) is 28.8 Å². The molecule has 2 aromatic rings. The molecule has 7 heteroatoms. The summed E-state index contributed by atoms with van der Waals surface area (Å²) in [5.41, 5.74) is 0.275. The maximum Gasteiger partial charge on any atom is 0.258 e. The Labute approximate surface area is 127 Å². The zero-order valence-electron chi connectivity index (χ0n) is 12.0. The Morgan fingerprint density at radius 3 is 2.95 bits per heavy atom. The van der Waals surface area contributed by atoms with Crippen molar-refractivity contribution >= 4 is 11.3 Å². The van der Waals surface area contributed by atoms with E-state index in [1.54, 1.807) is 11.3 Å². The third-order valence-electron chi connectivity index (χ3n) is 3.64. The molecular weight excluding hydrogens is 290 g/mol. The molecule has 0 unspecified atom stereocenters. The molecule has 1 aliphatic rings. The highest BCUT2D eigenvalue weighted by atomic mass is 32.1. The third kappa shape index (κ3) is 3.68. The highest BCUT2D eigenvalue weighted by Gasteiger charge is 2.31. The van der Waals surface area contributed by atoms with Crippen LogP contribution in [0.15, 0.2) is 21.3 Å². The Morgan fingerprint density at radius 2 is 2.24 bits per heavy atom. The van der Waals surface area contributed by atoms with E-state index in [-0.39, 0.29) is 0 Å². The normalized spacial score (nSPS) is 18.2. The molecule has 0 radical (unpaired) electrons. The number of nitrogens with zero attached hydrogens (tertiary/aromatic N) is 3. The van der Waals surface area contributed by atoms with Crippen molar-refractivity contribution in [2.75, 3.05) is 26.8 Å². The van der Waals surface area contributed by atoms with Crippen LogP contribution >= 0.6 is 11.3 Å². The topological polar surface area (TPSA) is 71.6 Å². The predicted octanol–water partition coefficient (Wildman–Crippen LogP) is 1.77. The highest BCUT2D eigenvalue weighted by Crippen LogP contribution is 2.23. The third-order valence-corrected chi connectivity index (χ3v) is 4.32. The molecule has 2 aromatic heterocycles. The summed E-state index contributed by atoms with van der Waals surface area (Å²) in [7, 11) is 1.95. The van der Waals surface area contributed by atoms with Gasteiger partial charge >= 0.3 is 0 Å². The summed E-state index contributed by atoms with van der Waals surface area (Å²) in [6.45, 7) is 2.37. The second-order valence-corrected chi connectivity index (χ2v) is 6.32. The van der Waals surface area contributed by atoms with Crippen LogP contribution in [0.5, 0.6) is 0 Å². The van der Waals surface area contributed by atoms with E-state index < -0.39 is 5.60 Å². The van der Waals surface area contributed by atoms with Crippen molar-refractivity contribution < 1.29 is 14.4 Å². The van der Waals surface area contributed by atoms with Crippen molar-refractivity contribution in [3.63, 3.8) is 0 Å². The molecule has 6 nitrogen and oxygen atoms in total. The van der Waals surface area contributed by atoms with Crippen molar-refractivity contribution in [3.8, 4) is 11.5 Å². The number of hydrogen-bond acceptors (Lipinski definition) is 7. The van der Waals surface area contributed by atoms with Crippen molar-refractivity contribution in [1.82, 2.24) is 15.0 Å². The van der Waals surface area contributed by atoms with Gasteiger partial charge in [0.05, 0.1) is 17.7 Å². The molecule has 0 saturated carbocycles. The lowest BCUT2D eigenvalue weighted by Crippen LogP contribution is -2.45. The summed E-state index contributed by atoms with van der Waals surface area (Å²) < 4.78 is 10.6. The Morgan fingerprint density at radius 1 is 1.43 bits per heavy atom. The van der Waals surface area contributed by atoms with Gasteiger partial charge in [-0.2, -0.15) is 16.3 Å². The van der Waals surface area contributed by atoms with Crippen molar-refractivity contribution in [2.24, 2.45) is 0 Å². The number of ether oxygens (including phenoxy) is 1. The van der Waals surface area contributed by atoms with E-state index >= 15 is 0 Å². The van der Waals surface area contributed by atoms with Gasteiger partial charge < -0.3 is 14.4 Å². The van der Waals surface area contributed by atoms with E-state index in [0.29, 0.717) is 50.9 Å². The van der Waals surface area contributed by atoms with Gasteiger partial charge in [-0.1, -0.05) is 5.16 Å². The zero-order chi connectivity index (χ0) is 14.7. The van der Waals surface area contributed by atoms with E-state index in [0.717, 1.165) is 5.56 Å². The summed E-state index contributed by atoms with van der Waals surface area (Å²) in [5.74, 6) is 1.18. The Bertz CT molecular complexity index is 564. The van der Waals surface area contributed by atoms with Gasteiger partial charge in [-0.05, 0) is 18.5 Å². The van der Waals surface area contributed by atoms with Gasteiger partial charge in [0.1, 0.15) is 0 Å². The van der Waals surface area contributed by atoms with Gasteiger partial charge in [-0.3, -0.25) is 4.90 Å². The first kappa shape index (κ1) is 14.6. The fraction of sp³-hybridized carbons (Fsp3) is 0.571. The van der Waals surface area contributed by atoms with E-state index in [4.69, 9.17) is 9.26 Å². The van der Waals surface area contributed by atoms with Crippen LogP contribution < -0.4 is 0 Å². The van der Waals surface area contributed by atoms with Crippen LogP contribution in [0.4, 0.5) is 0 Å². The van der Waals surface area contributed by atoms with Crippen LogP contribution in [0, 0.1) is 0 Å². The molecule has 3 rings (SSSR count). The first-order valence-corrected chi connectivity index (χ1v) is 7.93. The van der Waals surface area contributed by atoms with Gasteiger partial charge in [-0.25, -0.2) is 0 Å². The van der Waals surface area contributed by atoms with E-state index in [1.165, 1.54) is 0 Å². The fourth-order valence-corrected chi connectivity index (χ4v) is 3.16. The maximum absolute atomic E-state index is 10.5. The second kappa shape index (κ2) is 6.23. The SMILES string of the molecule is CN(Cc1noc(-c2ccsc2)n1)CC1(O)CCOCC1. The van der Waals surface area contributed by atoms with Crippen molar-refractivity contribution in [3.05, 3.63) is 22.7 Å². The standard InChI is InChI=1S/C14H19N3O3S/c1-17(10-14(18)3-5-19-6-4-14)8-12-15-13(20-16-12)11-2-7-21-9-11/h2,7,9,18H,3-6,8,10H2,1H3. The maximum atomic E-state index is 10.5. The molecular formula is C14H19N3O3S. The molecule has 114 valence electrons. The molecule has 1 saturated heterocycles. The smallest absolute Gasteiger partial charge is 0.258 e. The number of hydrogen-bond donors (Lipinski definition) is 1. The van der Waals surface area contributed by atoms with Crippen LogP contribution in [0.3, 0.4) is 0 Å². The molecule has 1 N–H and O–H groups in total. The number of aliphatic hydroxyl groups is 1. The molecule has 3 heterocycles. The van der Waals surface area contributed by atoms with Crippen molar-refractivity contribution in [2.45, 2.75) is 25.0 Å². The molecule has 0 amide bonds. The van der Waals surface area contributed by atoms with Crippen molar-refractivity contribution in [1.29, 1.82) is 0 Å². The molecule has 0 spiro atoms. The minimum Gasteiger partial charge on any atom is -0.388 e. The Kier molecular flexibility index (Phi) is 4.34. The summed E-state index contributed by atoms with van der Waals surface area (Å²) in [6.07, 6.45) is 1.34. The molecule has 21 heavy (non-hydrogen) atoms. The largest absolute Gasteiger partial charge is 0.388 e. The minimum atomic E-state index is -0.674. The molecule has 0 aliphatic carbocycles. The van der Waals surface area contributed by atoms with Crippen LogP contribution in [0.25, 0.3) is 11.5 Å². The number of aromatic nitrogens is 2. The molecule has 1 aliphatic heterocycles. The fourth-order valence-electron chi connectivity index (χ4n) is 2.53. The predicted molar refractivity (Wildman–Crippen MR) is 78.9 cm³/mol. The van der Waals surface area contributed by atoms with Gasteiger partial charge in [0.15, 0.2) is 5.82 Å². The monoisotopic (exact) mass is 309 g/mol. The highest BCUT2D eigenvalue weighted by molar-refractivity contribution is 7.08. The van der Waals surface area contributed by atoms with Gasteiger partial charge in [0.25, 0.3) is 5.89 Å². The summed E-state index contributed by atoms with van der Waals surface area (Å²) in [4.78, 5) is 6.41. The van der Waals surface area contributed by atoms with Gasteiger partial charge in [-0.15, -0.1) is 0 Å². The van der Waals surface area contributed by atoms with Gasteiger partial charge in [0, 0.05) is 38.0 Å². The van der Waals surface area contributed by atoms with Crippen LogP contribution in [0.2, 0.25) is 0 Å². The number of rotatable bonds is 5. The summed E-state index contributed by atoms with van der Waals surface area (Å²) in [5, 5.41) is 18.4. The first-order chi connectivity index (χ1) is 10.1. The Balaban J connectivity index is 1.58. The van der Waals surface area contributed by atoms with Gasteiger partial charge in [0.2, 0.25) is 0 Å². The molecule has 1 fully saturated rings. The minimum absolute atomic E-state index is 0.546. The number of thiophene rings is 1. The van der Waals surface area contributed by atoms with Crippen LogP contribution in [0.1, 0.15) is 18.7 Å². The average molecular weight is 309 g/mol. The van der Waals surface area contributed by atoms with E-state index in [2.05, 4.69) is 10.1 Å².